The van der Waals surface area contributed by atoms with Gasteiger partial charge < -0.3 is 15.5 Å². The van der Waals surface area contributed by atoms with Crippen molar-refractivity contribution in [3.8, 4) is 0 Å². The number of aromatic nitrogens is 4. The standard InChI is InChI=1S/C24H31N7O/c1-3-19-16(2)20-15-27-24(29-22(20)31(23(19)32)18-6-4-5-7-18)28-17-8-9-21(26-14-17)30-12-10-25-11-13-30/h8-9,14-15,18,25H,3-7,10-13H2,1-2H3,(H,27,28,29). The third kappa shape index (κ3) is 3.83. The number of rotatable bonds is 5. The van der Waals surface area contributed by atoms with Crippen LogP contribution < -0.4 is 21.1 Å². The molecule has 0 spiro atoms. The molecule has 32 heavy (non-hydrogen) atoms. The van der Waals surface area contributed by atoms with E-state index in [1.54, 1.807) is 0 Å². The highest BCUT2D eigenvalue weighted by molar-refractivity contribution is 5.80. The number of nitrogens with one attached hydrogen (secondary N) is 2. The second-order valence-electron chi connectivity index (χ2n) is 8.77. The van der Waals surface area contributed by atoms with Crippen molar-refractivity contribution in [1.82, 2.24) is 24.8 Å². The van der Waals surface area contributed by atoms with Crippen molar-refractivity contribution >= 4 is 28.5 Å². The zero-order valence-electron chi connectivity index (χ0n) is 18.9. The van der Waals surface area contributed by atoms with Crippen LogP contribution in [0.3, 0.4) is 0 Å². The van der Waals surface area contributed by atoms with Crippen LogP contribution in [0.4, 0.5) is 17.5 Å². The van der Waals surface area contributed by atoms with Crippen molar-refractivity contribution in [3.05, 3.63) is 46.0 Å². The second kappa shape index (κ2) is 8.86. The van der Waals surface area contributed by atoms with Gasteiger partial charge in [0, 0.05) is 49.4 Å². The molecule has 2 N–H and O–H groups in total. The van der Waals surface area contributed by atoms with Gasteiger partial charge in [-0.3, -0.25) is 9.36 Å². The van der Waals surface area contributed by atoms with Crippen molar-refractivity contribution < 1.29 is 0 Å². The Morgan fingerprint density at radius 2 is 1.91 bits per heavy atom. The lowest BCUT2D eigenvalue weighted by molar-refractivity contribution is 0.512. The van der Waals surface area contributed by atoms with Crippen LogP contribution in [0.1, 0.15) is 49.8 Å². The lowest BCUT2D eigenvalue weighted by atomic mass is 10.0. The summed E-state index contributed by atoms with van der Waals surface area (Å²) in [6.45, 7) is 7.94. The highest BCUT2D eigenvalue weighted by Crippen LogP contribution is 2.32. The predicted octanol–water partition coefficient (Wildman–Crippen LogP) is 3.33. The van der Waals surface area contributed by atoms with Crippen molar-refractivity contribution in [2.24, 2.45) is 0 Å². The molecule has 8 heteroatoms. The minimum absolute atomic E-state index is 0.107. The first-order valence-corrected chi connectivity index (χ1v) is 11.7. The molecule has 1 saturated carbocycles. The predicted molar refractivity (Wildman–Crippen MR) is 128 cm³/mol. The molecule has 3 aromatic rings. The number of fused-ring (bicyclic) bond motifs is 1. The van der Waals surface area contributed by atoms with Crippen molar-refractivity contribution in [3.63, 3.8) is 0 Å². The Labute approximate surface area is 188 Å². The van der Waals surface area contributed by atoms with Crippen LogP contribution >= 0.6 is 0 Å². The Morgan fingerprint density at radius 1 is 1.12 bits per heavy atom. The summed E-state index contributed by atoms with van der Waals surface area (Å²) in [7, 11) is 0. The van der Waals surface area contributed by atoms with Crippen LogP contribution in [0.5, 0.6) is 0 Å². The number of pyridine rings is 2. The van der Waals surface area contributed by atoms with Gasteiger partial charge in [0.15, 0.2) is 0 Å². The Morgan fingerprint density at radius 3 is 2.59 bits per heavy atom. The van der Waals surface area contributed by atoms with Crippen molar-refractivity contribution in [2.45, 2.75) is 52.0 Å². The van der Waals surface area contributed by atoms with Crippen LogP contribution in [0.15, 0.2) is 29.3 Å². The molecule has 2 aliphatic rings. The minimum atomic E-state index is 0.107. The maximum absolute atomic E-state index is 13.3. The molecule has 0 amide bonds. The van der Waals surface area contributed by atoms with Gasteiger partial charge in [-0.05, 0) is 43.9 Å². The maximum atomic E-state index is 13.3. The molecule has 1 aliphatic heterocycles. The molecule has 1 saturated heterocycles. The summed E-state index contributed by atoms with van der Waals surface area (Å²) in [6.07, 6.45) is 8.78. The van der Waals surface area contributed by atoms with Crippen LogP contribution in [0.2, 0.25) is 0 Å². The van der Waals surface area contributed by atoms with E-state index in [0.717, 1.165) is 91.9 Å². The summed E-state index contributed by atoms with van der Waals surface area (Å²) in [5.74, 6) is 1.47. The quantitative estimate of drug-likeness (QED) is 0.638. The summed E-state index contributed by atoms with van der Waals surface area (Å²) in [6, 6.07) is 4.26. The van der Waals surface area contributed by atoms with E-state index in [4.69, 9.17) is 4.98 Å². The zero-order chi connectivity index (χ0) is 22.1. The summed E-state index contributed by atoms with van der Waals surface area (Å²) in [5.41, 5.74) is 3.55. The Balaban J connectivity index is 1.48. The van der Waals surface area contributed by atoms with Crippen molar-refractivity contribution in [2.75, 3.05) is 36.4 Å². The SMILES string of the molecule is CCc1c(C)c2cnc(Nc3ccc(N4CCNCC4)nc3)nc2n(C2CCCC2)c1=O. The highest BCUT2D eigenvalue weighted by atomic mass is 16.1. The monoisotopic (exact) mass is 433 g/mol. The molecule has 0 radical (unpaired) electrons. The molecule has 3 aromatic heterocycles. The number of aryl methyl sites for hydroxylation is 1. The number of hydrogen-bond acceptors (Lipinski definition) is 7. The van der Waals surface area contributed by atoms with Gasteiger partial charge in [-0.15, -0.1) is 0 Å². The van der Waals surface area contributed by atoms with Crippen molar-refractivity contribution in [1.29, 1.82) is 0 Å². The van der Waals surface area contributed by atoms with E-state index in [1.165, 1.54) is 0 Å². The van der Waals surface area contributed by atoms with Crippen LogP contribution in [-0.4, -0.2) is 45.7 Å². The zero-order valence-corrected chi connectivity index (χ0v) is 18.9. The van der Waals surface area contributed by atoms with Gasteiger partial charge in [0.25, 0.3) is 5.56 Å². The lowest BCUT2D eigenvalue weighted by Gasteiger charge is -2.28. The smallest absolute Gasteiger partial charge is 0.255 e. The first-order valence-electron chi connectivity index (χ1n) is 11.7. The molecule has 0 unspecified atom stereocenters. The maximum Gasteiger partial charge on any atom is 0.255 e. The molecule has 1 aliphatic carbocycles. The number of hydrogen-bond donors (Lipinski definition) is 2. The molecule has 2 fully saturated rings. The van der Waals surface area contributed by atoms with E-state index < -0.39 is 0 Å². The van der Waals surface area contributed by atoms with Gasteiger partial charge in [0.2, 0.25) is 5.95 Å². The Hall–Kier alpha value is -3.00. The van der Waals surface area contributed by atoms with E-state index in [9.17, 15) is 4.79 Å². The first kappa shape index (κ1) is 20.9. The molecular weight excluding hydrogens is 402 g/mol. The molecule has 0 bridgehead atoms. The normalized spacial score (nSPS) is 17.2. The van der Waals surface area contributed by atoms with E-state index in [2.05, 4.69) is 25.5 Å². The summed E-state index contributed by atoms with van der Waals surface area (Å²) >= 11 is 0. The van der Waals surface area contributed by atoms with Gasteiger partial charge in [0.05, 0.1) is 11.9 Å². The van der Waals surface area contributed by atoms with Gasteiger partial charge in [-0.25, -0.2) is 9.97 Å². The van der Waals surface area contributed by atoms with E-state index in [1.807, 2.05) is 42.9 Å². The summed E-state index contributed by atoms with van der Waals surface area (Å²) in [4.78, 5) is 29.6. The van der Waals surface area contributed by atoms with E-state index in [0.29, 0.717) is 5.95 Å². The third-order valence-corrected chi connectivity index (χ3v) is 6.82. The van der Waals surface area contributed by atoms with Crippen LogP contribution in [-0.2, 0) is 6.42 Å². The lowest BCUT2D eigenvalue weighted by Crippen LogP contribution is -2.43. The Bertz CT molecular complexity index is 1160. The highest BCUT2D eigenvalue weighted by Gasteiger charge is 2.24. The Kier molecular flexibility index (Phi) is 5.78. The van der Waals surface area contributed by atoms with Crippen LogP contribution in [0.25, 0.3) is 11.0 Å². The molecule has 5 rings (SSSR count). The fraction of sp³-hybridized carbons (Fsp3) is 0.500. The average molecular weight is 434 g/mol. The van der Waals surface area contributed by atoms with Gasteiger partial charge in [0.1, 0.15) is 11.5 Å². The molecule has 168 valence electrons. The number of anilines is 3. The molecule has 4 heterocycles. The number of nitrogens with zero attached hydrogens (tertiary/aromatic N) is 5. The summed E-state index contributed by atoms with van der Waals surface area (Å²) in [5, 5.41) is 7.60. The van der Waals surface area contributed by atoms with Gasteiger partial charge >= 0.3 is 0 Å². The second-order valence-corrected chi connectivity index (χ2v) is 8.77. The molecule has 8 nitrogen and oxygen atoms in total. The molecule has 0 aromatic carbocycles. The van der Waals surface area contributed by atoms with Gasteiger partial charge in [-0.1, -0.05) is 19.8 Å². The fourth-order valence-electron chi connectivity index (χ4n) is 5.03. The largest absolute Gasteiger partial charge is 0.354 e. The molecule has 0 atom stereocenters. The average Bonchev–Trinajstić information content (AvgIpc) is 3.35. The number of piperazine rings is 1. The van der Waals surface area contributed by atoms with E-state index in [-0.39, 0.29) is 11.6 Å². The van der Waals surface area contributed by atoms with Gasteiger partial charge in [-0.2, -0.15) is 4.98 Å². The molecular formula is C24H31N7O. The summed E-state index contributed by atoms with van der Waals surface area (Å²) < 4.78 is 1.94. The van der Waals surface area contributed by atoms with Crippen LogP contribution in [0, 0.1) is 6.92 Å². The topological polar surface area (TPSA) is 88.0 Å². The minimum Gasteiger partial charge on any atom is -0.354 e. The third-order valence-electron chi connectivity index (χ3n) is 6.82. The fourth-order valence-corrected chi connectivity index (χ4v) is 5.03. The first-order chi connectivity index (χ1) is 15.7. The van der Waals surface area contributed by atoms with E-state index >= 15 is 0 Å².